The Hall–Kier alpha value is -1.18. The predicted octanol–water partition coefficient (Wildman–Crippen LogP) is 1.78. The summed E-state index contributed by atoms with van der Waals surface area (Å²) in [5, 5.41) is 29.1. The molecule has 2 N–H and O–H groups in total. The van der Waals surface area contributed by atoms with Crippen LogP contribution in [0.3, 0.4) is 0 Å². The van der Waals surface area contributed by atoms with Crippen molar-refractivity contribution in [1.82, 2.24) is 0 Å². The van der Waals surface area contributed by atoms with Crippen LogP contribution in [-0.2, 0) is 0 Å². The fraction of sp³-hybridized carbons (Fsp3) is 0.400. The normalized spacial score (nSPS) is 12.2. The van der Waals surface area contributed by atoms with Crippen LogP contribution < -0.4 is 4.74 Å². The summed E-state index contributed by atoms with van der Waals surface area (Å²) in [6.45, 7) is 1.16. The van der Waals surface area contributed by atoms with Crippen LogP contribution in [0.4, 0.5) is 5.69 Å². The van der Waals surface area contributed by atoms with Crippen molar-refractivity contribution in [1.29, 1.82) is 0 Å². The molecule has 17 heavy (non-hydrogen) atoms. The van der Waals surface area contributed by atoms with Crippen molar-refractivity contribution in [2.45, 2.75) is 13.0 Å². The molecule has 0 aliphatic carbocycles. The smallest absolute Gasteiger partial charge is 0.312 e. The van der Waals surface area contributed by atoms with Gasteiger partial charge in [0.25, 0.3) is 0 Å². The molecule has 0 radical (unpaired) electrons. The monoisotopic (exact) mass is 305 g/mol. The Morgan fingerprint density at radius 1 is 1.59 bits per heavy atom. The SMILES string of the molecule is C[C@@H](O)c1cc(Br)cc([N+](=O)[O-])c1OCCO. The van der Waals surface area contributed by atoms with Gasteiger partial charge in [0, 0.05) is 16.1 Å². The minimum Gasteiger partial charge on any atom is -0.484 e. The highest BCUT2D eigenvalue weighted by molar-refractivity contribution is 9.10. The van der Waals surface area contributed by atoms with Gasteiger partial charge in [-0.25, -0.2) is 0 Å². The summed E-state index contributed by atoms with van der Waals surface area (Å²) >= 11 is 3.13. The van der Waals surface area contributed by atoms with Crippen molar-refractivity contribution in [2.75, 3.05) is 13.2 Å². The van der Waals surface area contributed by atoms with Crippen molar-refractivity contribution < 1.29 is 19.9 Å². The highest BCUT2D eigenvalue weighted by Gasteiger charge is 2.23. The fourth-order valence-corrected chi connectivity index (χ4v) is 1.81. The third kappa shape index (κ3) is 3.39. The summed E-state index contributed by atoms with van der Waals surface area (Å²) < 4.78 is 5.61. The molecule has 7 heteroatoms. The molecule has 1 atom stereocenters. The lowest BCUT2D eigenvalue weighted by molar-refractivity contribution is -0.386. The van der Waals surface area contributed by atoms with Crippen LogP contribution >= 0.6 is 15.9 Å². The van der Waals surface area contributed by atoms with E-state index in [-0.39, 0.29) is 24.7 Å². The Bertz CT molecular complexity index is 421. The molecule has 0 aliphatic rings. The van der Waals surface area contributed by atoms with E-state index >= 15 is 0 Å². The van der Waals surface area contributed by atoms with Crippen LogP contribution in [0.2, 0.25) is 0 Å². The van der Waals surface area contributed by atoms with E-state index in [0.29, 0.717) is 10.0 Å². The third-order valence-corrected chi connectivity index (χ3v) is 2.51. The summed E-state index contributed by atoms with van der Waals surface area (Å²) in [7, 11) is 0. The minimum absolute atomic E-state index is 0.0118. The lowest BCUT2D eigenvalue weighted by atomic mass is 10.1. The number of benzene rings is 1. The first-order chi connectivity index (χ1) is 7.97. The number of halogens is 1. The van der Waals surface area contributed by atoms with Gasteiger partial charge in [-0.2, -0.15) is 0 Å². The molecular formula is C10H12BrNO5. The maximum atomic E-state index is 10.9. The maximum absolute atomic E-state index is 10.9. The number of nitro benzene ring substituents is 1. The third-order valence-electron chi connectivity index (χ3n) is 2.05. The van der Waals surface area contributed by atoms with Gasteiger partial charge in [0.2, 0.25) is 5.75 Å². The van der Waals surface area contributed by atoms with Gasteiger partial charge in [-0.1, -0.05) is 15.9 Å². The molecule has 0 fully saturated rings. The van der Waals surface area contributed by atoms with Crippen molar-refractivity contribution in [2.24, 2.45) is 0 Å². The second-order valence-corrected chi connectivity index (χ2v) is 4.26. The van der Waals surface area contributed by atoms with Crippen LogP contribution in [-0.4, -0.2) is 28.4 Å². The quantitative estimate of drug-likeness (QED) is 0.639. The van der Waals surface area contributed by atoms with Gasteiger partial charge in [-0.05, 0) is 13.0 Å². The summed E-state index contributed by atoms with van der Waals surface area (Å²) in [6.07, 6.45) is -0.903. The van der Waals surface area contributed by atoms with Crippen LogP contribution in [0.5, 0.6) is 5.75 Å². The van der Waals surface area contributed by atoms with Gasteiger partial charge in [0.15, 0.2) is 0 Å². The second-order valence-electron chi connectivity index (χ2n) is 3.35. The Balaban J connectivity index is 3.31. The molecule has 0 saturated carbocycles. The van der Waals surface area contributed by atoms with E-state index in [9.17, 15) is 15.2 Å². The minimum atomic E-state index is -0.903. The summed E-state index contributed by atoms with van der Waals surface area (Å²) in [5.74, 6) is -0.0118. The molecule has 1 aromatic carbocycles. The van der Waals surface area contributed by atoms with E-state index in [4.69, 9.17) is 9.84 Å². The Morgan fingerprint density at radius 3 is 2.71 bits per heavy atom. The molecule has 0 bridgehead atoms. The Labute approximate surface area is 106 Å². The van der Waals surface area contributed by atoms with Crippen LogP contribution in [0.1, 0.15) is 18.6 Å². The lowest BCUT2D eigenvalue weighted by Crippen LogP contribution is -2.08. The number of nitrogens with zero attached hydrogens (tertiary/aromatic N) is 1. The first kappa shape index (κ1) is 13.9. The standard InChI is InChI=1S/C10H12BrNO5/c1-6(14)8-4-7(11)5-9(12(15)16)10(8)17-3-2-13/h4-6,13-14H,2-3H2,1H3/t6-/m1/s1. The fourth-order valence-electron chi connectivity index (χ4n) is 1.35. The zero-order valence-electron chi connectivity index (χ0n) is 9.09. The molecule has 1 aromatic rings. The molecule has 0 heterocycles. The summed E-state index contributed by atoms with van der Waals surface area (Å²) in [5.41, 5.74) is 0.0586. The first-order valence-corrected chi connectivity index (χ1v) is 5.66. The molecule has 0 aliphatic heterocycles. The van der Waals surface area contributed by atoms with E-state index in [2.05, 4.69) is 15.9 Å². The van der Waals surface area contributed by atoms with E-state index in [0.717, 1.165) is 0 Å². The lowest BCUT2D eigenvalue weighted by Gasteiger charge is -2.13. The first-order valence-electron chi connectivity index (χ1n) is 4.87. The van der Waals surface area contributed by atoms with E-state index in [1.54, 1.807) is 6.07 Å². The van der Waals surface area contributed by atoms with Gasteiger partial charge in [-0.15, -0.1) is 0 Å². The Kier molecular flexibility index (Phi) is 4.86. The number of hydrogen-bond donors (Lipinski definition) is 2. The van der Waals surface area contributed by atoms with Crippen LogP contribution in [0, 0.1) is 10.1 Å². The average molecular weight is 306 g/mol. The number of hydrogen-bond acceptors (Lipinski definition) is 5. The van der Waals surface area contributed by atoms with Crippen LogP contribution in [0.25, 0.3) is 0 Å². The zero-order valence-corrected chi connectivity index (χ0v) is 10.7. The topological polar surface area (TPSA) is 92.8 Å². The molecule has 0 amide bonds. The van der Waals surface area contributed by atoms with Crippen molar-refractivity contribution in [3.8, 4) is 5.75 Å². The van der Waals surface area contributed by atoms with Gasteiger partial charge in [0.1, 0.15) is 6.61 Å². The van der Waals surface area contributed by atoms with Gasteiger partial charge < -0.3 is 14.9 Å². The maximum Gasteiger partial charge on any atom is 0.312 e. The van der Waals surface area contributed by atoms with Crippen molar-refractivity contribution in [3.63, 3.8) is 0 Å². The Morgan fingerprint density at radius 2 is 2.24 bits per heavy atom. The molecule has 1 rings (SSSR count). The molecule has 0 saturated heterocycles. The number of aliphatic hydroxyl groups is 2. The molecular weight excluding hydrogens is 294 g/mol. The molecule has 6 nitrogen and oxygen atoms in total. The highest BCUT2D eigenvalue weighted by atomic mass is 79.9. The highest BCUT2D eigenvalue weighted by Crippen LogP contribution is 2.37. The van der Waals surface area contributed by atoms with Crippen molar-refractivity contribution >= 4 is 21.6 Å². The summed E-state index contributed by atoms with van der Waals surface area (Å²) in [4.78, 5) is 10.3. The second kappa shape index (κ2) is 5.95. The number of rotatable bonds is 5. The number of ether oxygens (including phenoxy) is 1. The van der Waals surface area contributed by atoms with E-state index in [1.807, 2.05) is 0 Å². The molecule has 0 aromatic heterocycles. The number of aliphatic hydroxyl groups excluding tert-OH is 2. The van der Waals surface area contributed by atoms with E-state index < -0.39 is 11.0 Å². The largest absolute Gasteiger partial charge is 0.484 e. The van der Waals surface area contributed by atoms with Crippen molar-refractivity contribution in [3.05, 3.63) is 32.3 Å². The van der Waals surface area contributed by atoms with Gasteiger partial charge in [0.05, 0.1) is 17.6 Å². The van der Waals surface area contributed by atoms with Crippen LogP contribution in [0.15, 0.2) is 16.6 Å². The number of nitro groups is 1. The van der Waals surface area contributed by atoms with Gasteiger partial charge >= 0.3 is 5.69 Å². The molecule has 0 unspecified atom stereocenters. The predicted molar refractivity (Wildman–Crippen MR) is 64.0 cm³/mol. The molecule has 0 spiro atoms. The zero-order chi connectivity index (χ0) is 13.0. The van der Waals surface area contributed by atoms with E-state index in [1.165, 1.54) is 13.0 Å². The van der Waals surface area contributed by atoms with Gasteiger partial charge in [-0.3, -0.25) is 10.1 Å². The molecule has 94 valence electrons. The average Bonchev–Trinajstić information content (AvgIpc) is 2.26. The summed E-state index contributed by atoms with van der Waals surface area (Å²) in [6, 6.07) is 2.84.